The number of nitrogen functional groups attached to an aromatic ring is 1. The molecule has 1 rings (SSSR count). The van der Waals surface area contributed by atoms with Crippen LogP contribution in [-0.2, 0) is 10.0 Å². The first-order valence-electron chi connectivity index (χ1n) is 5.87. The van der Waals surface area contributed by atoms with Crippen LogP contribution in [0, 0.1) is 19.3 Å². The monoisotopic (exact) mass is 270 g/mol. The molecule has 0 unspecified atom stereocenters. The first-order chi connectivity index (χ1) is 8.00. The summed E-state index contributed by atoms with van der Waals surface area (Å²) < 4.78 is 26.7. The van der Waals surface area contributed by atoms with Gasteiger partial charge in [-0.2, -0.15) is 0 Å². The van der Waals surface area contributed by atoms with Crippen molar-refractivity contribution in [1.29, 1.82) is 0 Å². The Morgan fingerprint density at radius 3 is 2.22 bits per heavy atom. The first kappa shape index (κ1) is 14.8. The van der Waals surface area contributed by atoms with E-state index in [9.17, 15) is 8.42 Å². The molecule has 0 radical (unpaired) electrons. The van der Waals surface area contributed by atoms with Crippen LogP contribution in [0.4, 0.5) is 11.4 Å². The SMILES string of the molecule is Cc1cc(NS(=O)(=O)CC(C)(C)C)c(C)cc1N. The summed E-state index contributed by atoms with van der Waals surface area (Å²) in [6.45, 7) is 9.38. The Hall–Kier alpha value is -1.23. The van der Waals surface area contributed by atoms with E-state index in [4.69, 9.17) is 5.73 Å². The lowest BCUT2D eigenvalue weighted by Gasteiger charge is -2.20. The predicted molar refractivity (Wildman–Crippen MR) is 77.2 cm³/mol. The predicted octanol–water partition coefficient (Wildman–Crippen LogP) is 2.67. The van der Waals surface area contributed by atoms with Gasteiger partial charge in [0.2, 0.25) is 10.0 Å². The topological polar surface area (TPSA) is 72.2 Å². The molecular weight excluding hydrogens is 248 g/mol. The van der Waals surface area contributed by atoms with Gasteiger partial charge in [-0.25, -0.2) is 8.42 Å². The van der Waals surface area contributed by atoms with E-state index in [1.54, 1.807) is 12.1 Å². The summed E-state index contributed by atoms with van der Waals surface area (Å²) in [7, 11) is -3.34. The number of nitrogens with one attached hydrogen (secondary N) is 1. The third-order valence-electron chi connectivity index (χ3n) is 2.50. The van der Waals surface area contributed by atoms with Crippen LogP contribution in [-0.4, -0.2) is 14.2 Å². The standard InChI is InChI=1S/C13H22N2O2S/c1-9-7-12(10(2)6-11(9)14)15-18(16,17)8-13(3,4)5/h6-7,15H,8,14H2,1-5H3. The van der Waals surface area contributed by atoms with Gasteiger partial charge in [0.1, 0.15) is 0 Å². The van der Waals surface area contributed by atoms with Gasteiger partial charge in [0, 0.05) is 5.69 Å². The molecular formula is C13H22N2O2S. The third kappa shape index (κ3) is 4.22. The smallest absolute Gasteiger partial charge is 0.233 e. The van der Waals surface area contributed by atoms with Crippen LogP contribution in [0.3, 0.4) is 0 Å². The summed E-state index contributed by atoms with van der Waals surface area (Å²) in [6, 6.07) is 3.55. The highest BCUT2D eigenvalue weighted by molar-refractivity contribution is 7.92. The first-order valence-corrected chi connectivity index (χ1v) is 7.53. The second-order valence-corrected chi connectivity index (χ2v) is 7.67. The maximum Gasteiger partial charge on any atom is 0.233 e. The van der Waals surface area contributed by atoms with Crippen molar-refractivity contribution in [3.63, 3.8) is 0 Å². The molecule has 1 aromatic carbocycles. The molecule has 0 spiro atoms. The van der Waals surface area contributed by atoms with E-state index in [-0.39, 0.29) is 11.2 Å². The summed E-state index contributed by atoms with van der Waals surface area (Å²) in [6.07, 6.45) is 0. The van der Waals surface area contributed by atoms with E-state index < -0.39 is 10.0 Å². The molecule has 18 heavy (non-hydrogen) atoms. The van der Waals surface area contributed by atoms with Crippen molar-refractivity contribution < 1.29 is 8.42 Å². The summed E-state index contributed by atoms with van der Waals surface area (Å²) in [5.74, 6) is 0.0862. The Morgan fingerprint density at radius 2 is 1.72 bits per heavy atom. The Kier molecular flexibility index (Phi) is 3.96. The Bertz CT molecular complexity index is 543. The molecule has 0 aliphatic carbocycles. The number of anilines is 2. The summed E-state index contributed by atoms with van der Waals surface area (Å²) in [5, 5.41) is 0. The molecule has 0 bridgehead atoms. The number of hydrogen-bond donors (Lipinski definition) is 2. The number of benzene rings is 1. The second kappa shape index (κ2) is 4.80. The maximum absolute atomic E-state index is 12.0. The quantitative estimate of drug-likeness (QED) is 0.829. The minimum absolute atomic E-state index is 0.0862. The van der Waals surface area contributed by atoms with Crippen molar-refractivity contribution in [2.75, 3.05) is 16.2 Å². The third-order valence-corrected chi connectivity index (χ3v) is 4.28. The highest BCUT2D eigenvalue weighted by Gasteiger charge is 2.22. The van der Waals surface area contributed by atoms with E-state index in [1.807, 2.05) is 34.6 Å². The molecule has 0 amide bonds. The molecule has 5 heteroatoms. The van der Waals surface area contributed by atoms with Gasteiger partial charge < -0.3 is 5.73 Å². The molecule has 0 aliphatic rings. The lowest BCUT2D eigenvalue weighted by atomic mass is 10.0. The molecule has 0 heterocycles. The molecule has 4 nitrogen and oxygen atoms in total. The number of nitrogens with two attached hydrogens (primary N) is 1. The molecule has 0 saturated heterocycles. The number of hydrogen-bond acceptors (Lipinski definition) is 3. The van der Waals surface area contributed by atoms with Crippen LogP contribution in [0.15, 0.2) is 12.1 Å². The molecule has 102 valence electrons. The minimum atomic E-state index is -3.34. The van der Waals surface area contributed by atoms with Crippen LogP contribution >= 0.6 is 0 Å². The highest BCUT2D eigenvalue weighted by atomic mass is 32.2. The molecule has 0 aromatic heterocycles. The van der Waals surface area contributed by atoms with Gasteiger partial charge in [0.15, 0.2) is 0 Å². The van der Waals surface area contributed by atoms with Gasteiger partial charge in [0.25, 0.3) is 0 Å². The van der Waals surface area contributed by atoms with Crippen molar-refractivity contribution in [1.82, 2.24) is 0 Å². The van der Waals surface area contributed by atoms with Gasteiger partial charge in [-0.3, -0.25) is 4.72 Å². The van der Waals surface area contributed by atoms with Crippen molar-refractivity contribution >= 4 is 21.4 Å². The van der Waals surface area contributed by atoms with Gasteiger partial charge in [0.05, 0.1) is 11.4 Å². The van der Waals surface area contributed by atoms with E-state index in [0.717, 1.165) is 11.1 Å². The average Bonchev–Trinajstić information content (AvgIpc) is 2.09. The van der Waals surface area contributed by atoms with Gasteiger partial charge in [-0.1, -0.05) is 20.8 Å². The van der Waals surface area contributed by atoms with Crippen molar-refractivity contribution in [2.45, 2.75) is 34.6 Å². The number of aryl methyl sites for hydroxylation is 2. The second-order valence-electron chi connectivity index (χ2n) is 5.95. The summed E-state index contributed by atoms with van der Waals surface area (Å²) in [4.78, 5) is 0. The number of sulfonamides is 1. The number of rotatable bonds is 3. The normalized spacial score (nSPS) is 12.5. The van der Waals surface area contributed by atoms with Crippen LogP contribution in [0.25, 0.3) is 0 Å². The summed E-state index contributed by atoms with van der Waals surface area (Å²) >= 11 is 0. The molecule has 1 aromatic rings. The maximum atomic E-state index is 12.0. The molecule has 0 aliphatic heterocycles. The van der Waals surface area contributed by atoms with Crippen LogP contribution in [0.5, 0.6) is 0 Å². The molecule has 0 saturated carbocycles. The highest BCUT2D eigenvalue weighted by Crippen LogP contribution is 2.24. The Labute approximate surface area is 110 Å². The molecule has 0 fully saturated rings. The lowest BCUT2D eigenvalue weighted by Crippen LogP contribution is -2.26. The van der Waals surface area contributed by atoms with E-state index >= 15 is 0 Å². The van der Waals surface area contributed by atoms with Crippen LogP contribution in [0.2, 0.25) is 0 Å². The molecule has 0 atom stereocenters. The van der Waals surface area contributed by atoms with E-state index in [2.05, 4.69) is 4.72 Å². The minimum Gasteiger partial charge on any atom is -0.399 e. The average molecular weight is 270 g/mol. The molecule has 3 N–H and O–H groups in total. The van der Waals surface area contributed by atoms with Crippen molar-refractivity contribution in [3.05, 3.63) is 23.3 Å². The van der Waals surface area contributed by atoms with Crippen molar-refractivity contribution in [3.8, 4) is 0 Å². The summed E-state index contributed by atoms with van der Waals surface area (Å²) in [5.41, 5.74) is 8.48. The Morgan fingerprint density at radius 1 is 1.17 bits per heavy atom. The van der Waals surface area contributed by atoms with Crippen LogP contribution in [0.1, 0.15) is 31.9 Å². The fourth-order valence-electron chi connectivity index (χ4n) is 1.72. The van der Waals surface area contributed by atoms with Crippen molar-refractivity contribution in [2.24, 2.45) is 5.41 Å². The van der Waals surface area contributed by atoms with Crippen LogP contribution < -0.4 is 10.5 Å². The van der Waals surface area contributed by atoms with Gasteiger partial charge in [-0.15, -0.1) is 0 Å². The fourth-order valence-corrected chi connectivity index (χ4v) is 3.49. The van der Waals surface area contributed by atoms with Gasteiger partial charge in [-0.05, 0) is 42.5 Å². The largest absolute Gasteiger partial charge is 0.399 e. The van der Waals surface area contributed by atoms with Gasteiger partial charge >= 0.3 is 0 Å². The Balaban J connectivity index is 3.02. The lowest BCUT2D eigenvalue weighted by molar-refractivity contribution is 0.463. The fraction of sp³-hybridized carbons (Fsp3) is 0.538. The van der Waals surface area contributed by atoms with E-state index in [0.29, 0.717) is 11.4 Å². The van der Waals surface area contributed by atoms with E-state index in [1.165, 1.54) is 0 Å². The zero-order valence-corrected chi connectivity index (χ0v) is 12.5. The zero-order valence-electron chi connectivity index (χ0n) is 11.7. The zero-order chi connectivity index (χ0) is 14.1.